The summed E-state index contributed by atoms with van der Waals surface area (Å²) >= 11 is 1.40. The number of ether oxygens (including phenoxy) is 1. The zero-order valence-corrected chi connectivity index (χ0v) is 13.6. The topological polar surface area (TPSA) is 97.5 Å². The first-order valence-corrected chi connectivity index (χ1v) is 8.19. The van der Waals surface area contributed by atoms with E-state index in [4.69, 9.17) is 10.5 Å². The van der Waals surface area contributed by atoms with Gasteiger partial charge in [-0.1, -0.05) is 17.4 Å². The van der Waals surface area contributed by atoms with E-state index >= 15 is 0 Å². The van der Waals surface area contributed by atoms with Crippen LogP contribution in [0.4, 0.5) is 9.93 Å². The van der Waals surface area contributed by atoms with E-state index in [1.54, 1.807) is 12.0 Å². The van der Waals surface area contributed by atoms with Crippen molar-refractivity contribution < 1.29 is 14.3 Å². The van der Waals surface area contributed by atoms with Gasteiger partial charge in [-0.15, -0.1) is 0 Å². The Bertz CT molecular complexity index is 737. The summed E-state index contributed by atoms with van der Waals surface area (Å²) in [6.45, 7) is 1.04. The van der Waals surface area contributed by atoms with Gasteiger partial charge in [0.05, 0.1) is 11.8 Å². The molecule has 3 N–H and O–H groups in total. The number of piperidine rings is 1. The van der Waals surface area contributed by atoms with E-state index in [2.05, 4.69) is 10.3 Å². The maximum atomic E-state index is 12.3. The number of fused-ring (bicyclic) bond motifs is 1. The molecule has 1 aliphatic rings. The summed E-state index contributed by atoms with van der Waals surface area (Å²) < 4.78 is 6.22. The number of para-hydroxylation sites is 1. The van der Waals surface area contributed by atoms with Crippen LogP contribution in [-0.4, -0.2) is 42.0 Å². The van der Waals surface area contributed by atoms with Crippen molar-refractivity contribution in [1.29, 1.82) is 0 Å². The molecule has 0 aliphatic carbocycles. The first kappa shape index (κ1) is 15.5. The number of methoxy groups -OCH3 is 1. The number of nitrogens with two attached hydrogens (primary N) is 1. The fraction of sp³-hybridized carbons (Fsp3) is 0.400. The molecule has 0 saturated carbocycles. The van der Waals surface area contributed by atoms with Crippen LogP contribution in [-0.2, 0) is 4.79 Å². The number of nitrogens with one attached hydrogen (secondary N) is 1. The van der Waals surface area contributed by atoms with Crippen LogP contribution in [0.2, 0.25) is 0 Å². The predicted octanol–water partition coefficient (Wildman–Crippen LogP) is 2.03. The summed E-state index contributed by atoms with van der Waals surface area (Å²) in [6, 6.07) is 5.46. The molecular formula is C15H18N4O3S. The largest absolute Gasteiger partial charge is 0.494 e. The van der Waals surface area contributed by atoms with Gasteiger partial charge in [0, 0.05) is 19.0 Å². The Hall–Kier alpha value is -2.35. The van der Waals surface area contributed by atoms with E-state index in [-0.39, 0.29) is 17.9 Å². The quantitative estimate of drug-likeness (QED) is 0.897. The molecule has 122 valence electrons. The van der Waals surface area contributed by atoms with Gasteiger partial charge in [0.1, 0.15) is 11.3 Å². The van der Waals surface area contributed by atoms with E-state index in [9.17, 15) is 9.59 Å². The van der Waals surface area contributed by atoms with Gasteiger partial charge in [0.15, 0.2) is 5.13 Å². The Kier molecular flexibility index (Phi) is 4.33. The Morgan fingerprint density at radius 1 is 1.39 bits per heavy atom. The third kappa shape index (κ3) is 3.21. The Morgan fingerprint density at radius 2 is 2.13 bits per heavy atom. The van der Waals surface area contributed by atoms with Crippen molar-refractivity contribution in [2.45, 2.75) is 12.8 Å². The number of anilines is 1. The number of aromatic nitrogens is 1. The highest BCUT2D eigenvalue weighted by atomic mass is 32.1. The molecule has 2 aromatic rings. The average Bonchev–Trinajstić information content (AvgIpc) is 2.97. The zero-order chi connectivity index (χ0) is 16.4. The Balaban J connectivity index is 1.68. The van der Waals surface area contributed by atoms with Gasteiger partial charge in [-0.05, 0) is 25.0 Å². The summed E-state index contributed by atoms with van der Waals surface area (Å²) in [4.78, 5) is 29.6. The van der Waals surface area contributed by atoms with Gasteiger partial charge in [-0.2, -0.15) is 0 Å². The van der Waals surface area contributed by atoms with Crippen LogP contribution in [0.5, 0.6) is 5.75 Å². The van der Waals surface area contributed by atoms with Gasteiger partial charge >= 0.3 is 6.03 Å². The van der Waals surface area contributed by atoms with Crippen molar-refractivity contribution in [3.05, 3.63) is 18.2 Å². The van der Waals surface area contributed by atoms with E-state index in [0.29, 0.717) is 36.8 Å². The molecule has 0 radical (unpaired) electrons. The molecular weight excluding hydrogens is 316 g/mol. The molecule has 0 spiro atoms. The van der Waals surface area contributed by atoms with Crippen molar-refractivity contribution >= 4 is 38.6 Å². The molecule has 3 rings (SSSR count). The maximum Gasteiger partial charge on any atom is 0.323 e. The number of amides is 3. The monoisotopic (exact) mass is 334 g/mol. The average molecular weight is 334 g/mol. The summed E-state index contributed by atoms with van der Waals surface area (Å²) in [5.74, 6) is 0.260. The second-order valence-electron chi connectivity index (χ2n) is 5.42. The summed E-state index contributed by atoms with van der Waals surface area (Å²) in [7, 11) is 1.59. The molecule has 3 amide bonds. The van der Waals surface area contributed by atoms with Crippen molar-refractivity contribution in [2.75, 3.05) is 25.5 Å². The zero-order valence-electron chi connectivity index (χ0n) is 12.7. The fourth-order valence-corrected chi connectivity index (χ4v) is 3.55. The van der Waals surface area contributed by atoms with Gasteiger partial charge in [0.2, 0.25) is 5.91 Å². The third-order valence-electron chi connectivity index (χ3n) is 4.00. The smallest absolute Gasteiger partial charge is 0.323 e. The molecule has 8 heteroatoms. The fourth-order valence-electron chi connectivity index (χ4n) is 2.68. The number of primary amides is 1. The van der Waals surface area contributed by atoms with Crippen LogP contribution in [0.1, 0.15) is 12.8 Å². The molecule has 1 aromatic carbocycles. The molecule has 0 bridgehead atoms. The molecule has 1 fully saturated rings. The first-order chi connectivity index (χ1) is 11.1. The molecule has 23 heavy (non-hydrogen) atoms. The van der Waals surface area contributed by atoms with Gasteiger partial charge in [0.25, 0.3) is 0 Å². The van der Waals surface area contributed by atoms with E-state index in [1.165, 1.54) is 11.3 Å². The lowest BCUT2D eigenvalue weighted by atomic mass is 9.96. The molecule has 1 aliphatic heterocycles. The predicted molar refractivity (Wildman–Crippen MR) is 88.7 cm³/mol. The van der Waals surface area contributed by atoms with Crippen LogP contribution < -0.4 is 15.8 Å². The second-order valence-corrected chi connectivity index (χ2v) is 6.45. The highest BCUT2D eigenvalue weighted by Gasteiger charge is 2.26. The second kappa shape index (κ2) is 6.41. The number of thiazole rings is 1. The minimum absolute atomic E-state index is 0.134. The number of carbonyl (C=O) groups is 2. The van der Waals surface area contributed by atoms with E-state index in [0.717, 1.165) is 10.2 Å². The lowest BCUT2D eigenvalue weighted by Gasteiger charge is -2.30. The van der Waals surface area contributed by atoms with Crippen LogP contribution in [0, 0.1) is 5.92 Å². The van der Waals surface area contributed by atoms with Crippen molar-refractivity contribution in [3.8, 4) is 5.75 Å². The number of likely N-dealkylation sites (tertiary alicyclic amines) is 1. The molecule has 0 unspecified atom stereocenters. The van der Waals surface area contributed by atoms with Crippen molar-refractivity contribution in [3.63, 3.8) is 0 Å². The number of hydrogen-bond acceptors (Lipinski definition) is 5. The molecule has 1 saturated heterocycles. The minimum atomic E-state index is -0.289. The Labute approximate surface area is 137 Å². The lowest BCUT2D eigenvalue weighted by Crippen LogP contribution is -2.43. The minimum Gasteiger partial charge on any atom is -0.494 e. The number of rotatable bonds is 3. The summed E-state index contributed by atoms with van der Waals surface area (Å²) in [6.07, 6.45) is 1.22. The SMILES string of the molecule is COc1cccc2sc(NC(=O)N3CCC(C(N)=O)CC3)nc12. The first-order valence-electron chi connectivity index (χ1n) is 7.37. The summed E-state index contributed by atoms with van der Waals surface area (Å²) in [5, 5.41) is 3.35. The van der Waals surface area contributed by atoms with Crippen LogP contribution in [0.25, 0.3) is 10.2 Å². The molecule has 0 atom stereocenters. The third-order valence-corrected chi connectivity index (χ3v) is 4.94. The molecule has 2 heterocycles. The van der Waals surface area contributed by atoms with Gasteiger partial charge < -0.3 is 15.4 Å². The number of hydrogen-bond donors (Lipinski definition) is 2. The number of carbonyl (C=O) groups excluding carboxylic acids is 2. The van der Waals surface area contributed by atoms with E-state index in [1.807, 2.05) is 18.2 Å². The number of urea groups is 1. The lowest BCUT2D eigenvalue weighted by molar-refractivity contribution is -0.122. The normalized spacial score (nSPS) is 15.6. The van der Waals surface area contributed by atoms with Crippen LogP contribution >= 0.6 is 11.3 Å². The van der Waals surface area contributed by atoms with Crippen molar-refractivity contribution in [1.82, 2.24) is 9.88 Å². The standard InChI is InChI=1S/C15H18N4O3S/c1-22-10-3-2-4-11-12(10)17-14(23-11)18-15(21)19-7-5-9(6-8-19)13(16)20/h2-4,9H,5-8H2,1H3,(H2,16,20)(H,17,18,21). The Morgan fingerprint density at radius 3 is 2.78 bits per heavy atom. The molecule has 1 aromatic heterocycles. The number of nitrogens with zero attached hydrogens (tertiary/aromatic N) is 2. The van der Waals surface area contributed by atoms with Crippen molar-refractivity contribution in [2.24, 2.45) is 11.7 Å². The highest BCUT2D eigenvalue weighted by molar-refractivity contribution is 7.22. The van der Waals surface area contributed by atoms with E-state index < -0.39 is 0 Å². The van der Waals surface area contributed by atoms with Crippen LogP contribution in [0.15, 0.2) is 18.2 Å². The molecule has 7 nitrogen and oxygen atoms in total. The summed E-state index contributed by atoms with van der Waals surface area (Å²) in [5.41, 5.74) is 6.04. The highest BCUT2D eigenvalue weighted by Crippen LogP contribution is 2.32. The van der Waals surface area contributed by atoms with Gasteiger partial charge in [-0.3, -0.25) is 10.1 Å². The van der Waals surface area contributed by atoms with Crippen LogP contribution in [0.3, 0.4) is 0 Å². The maximum absolute atomic E-state index is 12.3. The number of benzene rings is 1. The van der Waals surface area contributed by atoms with Gasteiger partial charge in [-0.25, -0.2) is 9.78 Å².